The number of nitrogens with zero attached hydrogens (tertiary/aromatic N) is 2. The summed E-state index contributed by atoms with van der Waals surface area (Å²) >= 11 is 0. The molecule has 0 saturated carbocycles. The number of aromatic nitrogens is 1. The first-order chi connectivity index (χ1) is 12.7. The lowest BCUT2D eigenvalue weighted by Gasteiger charge is -2.13. The highest BCUT2D eigenvalue weighted by molar-refractivity contribution is 7.91. The fourth-order valence-corrected chi connectivity index (χ4v) is 3.45. The van der Waals surface area contributed by atoms with Crippen molar-refractivity contribution in [2.75, 3.05) is 18.8 Å². The van der Waals surface area contributed by atoms with Gasteiger partial charge in [0.2, 0.25) is 5.89 Å². The third-order valence-corrected chi connectivity index (χ3v) is 5.51. The van der Waals surface area contributed by atoms with Crippen LogP contribution in [-0.4, -0.2) is 38.2 Å². The summed E-state index contributed by atoms with van der Waals surface area (Å²) in [7, 11) is -3.33. The molecule has 0 fully saturated rings. The number of oxazole rings is 1. The van der Waals surface area contributed by atoms with Crippen LogP contribution in [0.5, 0.6) is 0 Å². The minimum atomic E-state index is -3.33. The van der Waals surface area contributed by atoms with Crippen molar-refractivity contribution in [3.8, 4) is 0 Å². The van der Waals surface area contributed by atoms with Crippen LogP contribution in [0.3, 0.4) is 0 Å². The Kier molecular flexibility index (Phi) is 7.01. The van der Waals surface area contributed by atoms with E-state index in [2.05, 4.69) is 41.4 Å². The van der Waals surface area contributed by atoms with Crippen LogP contribution < -0.4 is 10.6 Å². The molecule has 1 aromatic carbocycles. The van der Waals surface area contributed by atoms with Crippen molar-refractivity contribution in [1.29, 1.82) is 0 Å². The van der Waals surface area contributed by atoms with E-state index in [-0.39, 0.29) is 24.3 Å². The summed E-state index contributed by atoms with van der Waals surface area (Å²) in [6, 6.07) is 8.43. The van der Waals surface area contributed by atoms with E-state index in [1.807, 2.05) is 6.92 Å². The first kappa shape index (κ1) is 21.0. The Morgan fingerprint density at radius 3 is 2.48 bits per heavy atom. The fraction of sp³-hybridized carbons (Fsp3) is 0.474. The second-order valence-electron chi connectivity index (χ2n) is 7.12. The maximum Gasteiger partial charge on any atom is 0.216 e. The highest BCUT2D eigenvalue weighted by atomic mass is 32.2. The number of aliphatic imine (C=N–C) groups is 1. The predicted octanol–water partition coefficient (Wildman–Crippen LogP) is 2.50. The van der Waals surface area contributed by atoms with Gasteiger partial charge in [-0.25, -0.2) is 18.4 Å². The molecule has 0 radical (unpaired) electrons. The molecule has 7 nitrogen and oxygen atoms in total. The molecule has 0 aliphatic heterocycles. The standard InChI is InChI=1S/C19H28N4O3S/c1-5-20-18(23-14-17-22-13-16(26-17)19(2,3)4)21-11-12-27(24,25)15-9-7-6-8-10-15/h6-10,13H,5,11-12,14H2,1-4H3,(H2,20,21,23). The van der Waals surface area contributed by atoms with Gasteiger partial charge in [0.25, 0.3) is 0 Å². The Morgan fingerprint density at radius 1 is 1.19 bits per heavy atom. The second-order valence-corrected chi connectivity index (χ2v) is 9.23. The largest absolute Gasteiger partial charge is 0.443 e. The molecule has 2 rings (SSSR count). The zero-order chi connectivity index (χ0) is 19.9. The van der Waals surface area contributed by atoms with Gasteiger partial charge in [-0.3, -0.25) is 0 Å². The maximum absolute atomic E-state index is 12.3. The van der Waals surface area contributed by atoms with Gasteiger partial charge in [0.1, 0.15) is 12.3 Å². The number of guanidine groups is 1. The Morgan fingerprint density at radius 2 is 1.89 bits per heavy atom. The van der Waals surface area contributed by atoms with Gasteiger partial charge in [-0.2, -0.15) is 0 Å². The third-order valence-electron chi connectivity index (χ3n) is 3.77. The molecule has 0 spiro atoms. The summed E-state index contributed by atoms with van der Waals surface area (Å²) in [6.07, 6.45) is 1.72. The van der Waals surface area contributed by atoms with Crippen LogP contribution in [0.1, 0.15) is 39.3 Å². The van der Waals surface area contributed by atoms with Gasteiger partial charge in [-0.05, 0) is 19.1 Å². The number of hydrogen-bond acceptors (Lipinski definition) is 5. The normalized spacial score (nSPS) is 12.8. The van der Waals surface area contributed by atoms with Crippen molar-refractivity contribution in [3.63, 3.8) is 0 Å². The molecule has 0 bridgehead atoms. The van der Waals surface area contributed by atoms with Crippen molar-refractivity contribution in [3.05, 3.63) is 48.2 Å². The summed E-state index contributed by atoms with van der Waals surface area (Å²) in [5.41, 5.74) is -0.108. The first-order valence-electron chi connectivity index (χ1n) is 8.97. The molecule has 0 atom stereocenters. The molecule has 0 saturated heterocycles. The van der Waals surface area contributed by atoms with E-state index in [9.17, 15) is 8.42 Å². The lowest BCUT2D eigenvalue weighted by atomic mass is 9.94. The average molecular weight is 393 g/mol. The van der Waals surface area contributed by atoms with Crippen molar-refractivity contribution in [1.82, 2.24) is 15.6 Å². The predicted molar refractivity (Wildman–Crippen MR) is 107 cm³/mol. The van der Waals surface area contributed by atoms with Crippen LogP contribution in [0.25, 0.3) is 0 Å². The average Bonchev–Trinajstić information content (AvgIpc) is 3.10. The van der Waals surface area contributed by atoms with Gasteiger partial charge in [-0.1, -0.05) is 39.0 Å². The molecule has 8 heteroatoms. The molecular weight excluding hydrogens is 364 g/mol. The molecule has 27 heavy (non-hydrogen) atoms. The lowest BCUT2D eigenvalue weighted by Crippen LogP contribution is -2.39. The molecule has 148 valence electrons. The monoisotopic (exact) mass is 392 g/mol. The van der Waals surface area contributed by atoms with Crippen molar-refractivity contribution >= 4 is 15.8 Å². The van der Waals surface area contributed by atoms with E-state index in [0.29, 0.717) is 23.3 Å². The lowest BCUT2D eigenvalue weighted by molar-refractivity contribution is 0.383. The van der Waals surface area contributed by atoms with E-state index in [1.165, 1.54) is 0 Å². The topological polar surface area (TPSA) is 96.6 Å². The van der Waals surface area contributed by atoms with Crippen molar-refractivity contribution < 1.29 is 12.8 Å². The molecule has 0 amide bonds. The minimum absolute atomic E-state index is 0.0192. The Hall–Kier alpha value is -2.35. The van der Waals surface area contributed by atoms with Crippen molar-refractivity contribution in [2.45, 2.75) is 44.6 Å². The van der Waals surface area contributed by atoms with Crippen LogP contribution in [-0.2, 0) is 21.8 Å². The quantitative estimate of drug-likeness (QED) is 0.555. The van der Waals surface area contributed by atoms with E-state index < -0.39 is 9.84 Å². The zero-order valence-corrected chi connectivity index (χ0v) is 17.1. The summed E-state index contributed by atoms with van der Waals surface area (Å²) < 4.78 is 30.4. The number of sulfone groups is 1. The first-order valence-corrected chi connectivity index (χ1v) is 10.6. The van der Waals surface area contributed by atoms with Crippen LogP contribution in [0.2, 0.25) is 0 Å². The maximum atomic E-state index is 12.3. The van der Waals surface area contributed by atoms with Crippen LogP contribution in [0.15, 0.2) is 50.8 Å². The molecule has 0 aliphatic rings. The smallest absolute Gasteiger partial charge is 0.216 e. The van der Waals surface area contributed by atoms with E-state index in [1.54, 1.807) is 36.5 Å². The molecular formula is C19H28N4O3S. The van der Waals surface area contributed by atoms with E-state index in [4.69, 9.17) is 4.42 Å². The summed E-state index contributed by atoms with van der Waals surface area (Å²) in [6.45, 7) is 9.30. The van der Waals surface area contributed by atoms with Crippen LogP contribution in [0.4, 0.5) is 0 Å². The molecule has 1 heterocycles. The third kappa shape index (κ3) is 6.39. The van der Waals surface area contributed by atoms with Crippen LogP contribution in [0, 0.1) is 0 Å². The summed E-state index contributed by atoms with van der Waals surface area (Å²) in [5.74, 6) is 1.83. The van der Waals surface area contributed by atoms with E-state index in [0.717, 1.165) is 5.76 Å². The highest BCUT2D eigenvalue weighted by Gasteiger charge is 2.19. The molecule has 1 aromatic heterocycles. The minimum Gasteiger partial charge on any atom is -0.443 e. The van der Waals surface area contributed by atoms with Crippen molar-refractivity contribution in [2.24, 2.45) is 4.99 Å². The molecule has 2 N–H and O–H groups in total. The second kappa shape index (κ2) is 9.03. The zero-order valence-electron chi connectivity index (χ0n) is 16.3. The van der Waals surface area contributed by atoms with Gasteiger partial charge in [0, 0.05) is 18.5 Å². The highest BCUT2D eigenvalue weighted by Crippen LogP contribution is 2.22. The SMILES string of the molecule is CCNC(=NCc1ncc(C(C)(C)C)o1)NCCS(=O)(=O)c1ccccc1. The van der Waals surface area contributed by atoms with Gasteiger partial charge in [-0.15, -0.1) is 0 Å². The van der Waals surface area contributed by atoms with Gasteiger partial charge in [0.15, 0.2) is 15.8 Å². The van der Waals surface area contributed by atoms with Gasteiger partial charge in [0.05, 0.1) is 16.8 Å². The number of hydrogen-bond donors (Lipinski definition) is 2. The summed E-state index contributed by atoms with van der Waals surface area (Å²) in [4.78, 5) is 8.99. The Labute approximate surface area is 161 Å². The van der Waals surface area contributed by atoms with Gasteiger partial charge < -0.3 is 15.1 Å². The molecule has 2 aromatic rings. The Balaban J connectivity index is 1.95. The van der Waals surface area contributed by atoms with E-state index >= 15 is 0 Å². The molecule has 0 unspecified atom stereocenters. The fourth-order valence-electron chi connectivity index (χ4n) is 2.27. The van der Waals surface area contributed by atoms with Crippen LogP contribution >= 0.6 is 0 Å². The number of nitrogens with one attached hydrogen (secondary N) is 2. The molecule has 0 aliphatic carbocycles. The van der Waals surface area contributed by atoms with Gasteiger partial charge >= 0.3 is 0 Å². The Bertz CT molecular complexity index is 853. The number of benzene rings is 1. The number of rotatable bonds is 7. The summed E-state index contributed by atoms with van der Waals surface area (Å²) in [5, 5.41) is 6.13.